The molecule has 0 fully saturated rings. The maximum atomic E-state index is 12.5. The van der Waals surface area contributed by atoms with E-state index in [0.29, 0.717) is 11.4 Å². The molecule has 150 valence electrons. The predicted molar refractivity (Wildman–Crippen MR) is 115 cm³/mol. The summed E-state index contributed by atoms with van der Waals surface area (Å²) < 4.78 is 1.20. The number of amides is 2. The number of carbonyl (C=O) groups excluding carboxylic acids is 2. The van der Waals surface area contributed by atoms with Crippen LogP contribution in [0.5, 0.6) is 0 Å². The Morgan fingerprint density at radius 2 is 1.93 bits per heavy atom. The van der Waals surface area contributed by atoms with Crippen LogP contribution >= 0.6 is 11.8 Å². The molecule has 0 saturated heterocycles. The van der Waals surface area contributed by atoms with Gasteiger partial charge < -0.3 is 16.4 Å². The number of anilines is 3. The molecule has 0 spiro atoms. The maximum absolute atomic E-state index is 12.5. The second-order valence-corrected chi connectivity index (χ2v) is 7.41. The molecule has 0 bridgehead atoms. The lowest BCUT2D eigenvalue weighted by Crippen LogP contribution is -2.21. The van der Waals surface area contributed by atoms with E-state index in [1.54, 1.807) is 17.8 Å². The first kappa shape index (κ1) is 20.4. The van der Waals surface area contributed by atoms with Crippen molar-refractivity contribution in [2.45, 2.75) is 25.3 Å². The number of aryl methyl sites for hydroxylation is 2. The second kappa shape index (κ2) is 8.78. The minimum atomic E-state index is -0.478. The summed E-state index contributed by atoms with van der Waals surface area (Å²) in [6, 6.07) is 13.2. The smallest absolute Gasteiger partial charge is 0.280 e. The van der Waals surface area contributed by atoms with E-state index >= 15 is 0 Å². The largest absolute Gasteiger partial charge is 0.382 e. The van der Waals surface area contributed by atoms with Crippen LogP contribution in [0.4, 0.5) is 17.2 Å². The number of aromatic nitrogens is 3. The number of nitrogen functional groups attached to an aromatic ring is 1. The molecule has 9 heteroatoms. The van der Waals surface area contributed by atoms with Crippen LogP contribution in [-0.4, -0.2) is 33.1 Å². The molecule has 8 nitrogen and oxygen atoms in total. The lowest BCUT2D eigenvalue weighted by molar-refractivity contribution is -0.116. The van der Waals surface area contributed by atoms with Gasteiger partial charge in [0.1, 0.15) is 6.54 Å². The lowest BCUT2D eigenvalue weighted by atomic mass is 10.1. The van der Waals surface area contributed by atoms with E-state index in [-0.39, 0.29) is 24.0 Å². The fourth-order valence-electron chi connectivity index (χ4n) is 2.77. The highest BCUT2D eigenvalue weighted by atomic mass is 32.2. The van der Waals surface area contributed by atoms with Crippen LogP contribution in [0.3, 0.4) is 0 Å². The van der Waals surface area contributed by atoms with Gasteiger partial charge in [0.2, 0.25) is 5.91 Å². The van der Waals surface area contributed by atoms with Crippen LogP contribution in [0.1, 0.15) is 21.6 Å². The normalized spacial score (nSPS) is 10.6. The minimum Gasteiger partial charge on any atom is -0.382 e. The summed E-state index contributed by atoms with van der Waals surface area (Å²) in [7, 11) is 0. The molecule has 3 rings (SSSR count). The average molecular weight is 411 g/mol. The number of carbonyl (C=O) groups is 2. The zero-order valence-corrected chi connectivity index (χ0v) is 17.2. The van der Waals surface area contributed by atoms with E-state index in [4.69, 9.17) is 5.73 Å². The van der Waals surface area contributed by atoms with Gasteiger partial charge in [0.15, 0.2) is 11.5 Å². The van der Waals surface area contributed by atoms with Gasteiger partial charge in [-0.25, -0.2) is 4.68 Å². The number of nitrogens with two attached hydrogens (primary N) is 1. The molecular weight excluding hydrogens is 388 g/mol. The van der Waals surface area contributed by atoms with Crippen LogP contribution in [0.25, 0.3) is 0 Å². The van der Waals surface area contributed by atoms with E-state index in [1.807, 2.05) is 56.5 Å². The number of hydrogen-bond donors (Lipinski definition) is 3. The Morgan fingerprint density at radius 1 is 1.14 bits per heavy atom. The first-order valence-corrected chi connectivity index (χ1v) is 10.1. The molecule has 0 aliphatic carbocycles. The van der Waals surface area contributed by atoms with Crippen molar-refractivity contribution in [1.82, 2.24) is 15.0 Å². The Hall–Kier alpha value is -3.33. The third-order valence-electron chi connectivity index (χ3n) is 4.27. The Bertz CT molecular complexity index is 1060. The fourth-order valence-corrected chi connectivity index (χ4v) is 3.23. The minimum absolute atomic E-state index is 0.0258. The highest BCUT2D eigenvalue weighted by Crippen LogP contribution is 2.20. The zero-order valence-electron chi connectivity index (χ0n) is 16.4. The summed E-state index contributed by atoms with van der Waals surface area (Å²) in [6.45, 7) is 3.73. The lowest BCUT2D eigenvalue weighted by Gasteiger charge is -2.09. The third kappa shape index (κ3) is 4.94. The Morgan fingerprint density at radius 3 is 2.66 bits per heavy atom. The van der Waals surface area contributed by atoms with E-state index < -0.39 is 5.91 Å². The van der Waals surface area contributed by atoms with Crippen LogP contribution < -0.4 is 16.4 Å². The Labute approximate surface area is 172 Å². The van der Waals surface area contributed by atoms with Crippen molar-refractivity contribution in [2.75, 3.05) is 22.6 Å². The van der Waals surface area contributed by atoms with E-state index in [2.05, 4.69) is 20.9 Å². The number of thioether (sulfide) groups is 1. The SMILES string of the molecule is CSc1cccc(NC(=O)Cn2nnc(C(=O)Nc3ccc(C)cc3C)c2N)c1. The standard InChI is InChI=1S/C20H22N6O2S/c1-12-7-8-16(13(2)9-12)23-20(28)18-19(21)26(25-24-18)11-17(27)22-14-5-4-6-15(10-14)29-3/h4-10H,11,21H2,1-3H3,(H,22,27)(H,23,28). The zero-order chi connectivity index (χ0) is 21.0. The maximum Gasteiger partial charge on any atom is 0.280 e. The van der Waals surface area contributed by atoms with Gasteiger partial charge >= 0.3 is 0 Å². The molecule has 0 saturated carbocycles. The number of nitrogens with one attached hydrogen (secondary N) is 2. The molecule has 1 aromatic heterocycles. The summed E-state index contributed by atoms with van der Waals surface area (Å²) in [5.74, 6) is -0.768. The van der Waals surface area contributed by atoms with Crippen molar-refractivity contribution < 1.29 is 9.59 Å². The second-order valence-electron chi connectivity index (χ2n) is 6.53. The Balaban J connectivity index is 1.68. The van der Waals surface area contributed by atoms with Crippen molar-refractivity contribution in [3.63, 3.8) is 0 Å². The summed E-state index contributed by atoms with van der Waals surface area (Å²) in [6.07, 6.45) is 1.96. The summed E-state index contributed by atoms with van der Waals surface area (Å²) in [4.78, 5) is 25.9. The molecule has 0 atom stereocenters. The molecule has 1 heterocycles. The van der Waals surface area contributed by atoms with E-state index in [1.165, 1.54) is 4.68 Å². The van der Waals surface area contributed by atoms with Gasteiger partial charge in [-0.3, -0.25) is 9.59 Å². The van der Waals surface area contributed by atoms with Crippen molar-refractivity contribution >= 4 is 40.8 Å². The summed E-state index contributed by atoms with van der Waals surface area (Å²) >= 11 is 1.58. The van der Waals surface area contributed by atoms with Crippen molar-refractivity contribution in [3.05, 3.63) is 59.3 Å². The van der Waals surface area contributed by atoms with Crippen molar-refractivity contribution in [2.24, 2.45) is 0 Å². The molecule has 0 unspecified atom stereocenters. The van der Waals surface area contributed by atoms with Crippen molar-refractivity contribution in [3.8, 4) is 0 Å². The number of rotatable bonds is 6. The third-order valence-corrected chi connectivity index (χ3v) is 4.99. The first-order chi connectivity index (χ1) is 13.9. The van der Waals surface area contributed by atoms with Crippen LogP contribution in [0.2, 0.25) is 0 Å². The number of nitrogens with zero attached hydrogens (tertiary/aromatic N) is 3. The van der Waals surface area contributed by atoms with Gasteiger partial charge in [-0.05, 0) is 49.9 Å². The van der Waals surface area contributed by atoms with Crippen molar-refractivity contribution in [1.29, 1.82) is 0 Å². The number of hydrogen-bond acceptors (Lipinski definition) is 6. The quantitative estimate of drug-likeness (QED) is 0.538. The van der Waals surface area contributed by atoms with Crippen LogP contribution in [0.15, 0.2) is 47.4 Å². The average Bonchev–Trinajstić information content (AvgIpc) is 3.04. The van der Waals surface area contributed by atoms with Crippen LogP contribution in [-0.2, 0) is 11.3 Å². The predicted octanol–water partition coefficient (Wildman–Crippen LogP) is 3.09. The van der Waals surface area contributed by atoms with Gasteiger partial charge in [0.25, 0.3) is 5.91 Å². The molecule has 0 aliphatic heterocycles. The molecule has 0 aliphatic rings. The fraction of sp³-hybridized carbons (Fsp3) is 0.200. The summed E-state index contributed by atoms with van der Waals surface area (Å²) in [5.41, 5.74) is 9.34. The molecule has 4 N–H and O–H groups in total. The molecule has 2 amide bonds. The van der Waals surface area contributed by atoms with E-state index in [0.717, 1.165) is 16.0 Å². The van der Waals surface area contributed by atoms with Gasteiger partial charge in [0, 0.05) is 16.3 Å². The van der Waals surface area contributed by atoms with Gasteiger partial charge in [-0.15, -0.1) is 16.9 Å². The van der Waals surface area contributed by atoms with Gasteiger partial charge in [0.05, 0.1) is 0 Å². The molecule has 3 aromatic rings. The first-order valence-electron chi connectivity index (χ1n) is 8.89. The number of benzene rings is 2. The van der Waals surface area contributed by atoms with Crippen LogP contribution in [0, 0.1) is 13.8 Å². The molecule has 2 aromatic carbocycles. The van der Waals surface area contributed by atoms with Gasteiger partial charge in [-0.1, -0.05) is 29.0 Å². The topological polar surface area (TPSA) is 115 Å². The molecule has 0 radical (unpaired) electrons. The highest BCUT2D eigenvalue weighted by Gasteiger charge is 2.19. The van der Waals surface area contributed by atoms with E-state index in [9.17, 15) is 9.59 Å². The summed E-state index contributed by atoms with van der Waals surface area (Å²) in [5, 5.41) is 13.2. The Kier molecular flexibility index (Phi) is 6.18. The molecular formula is C20H22N6O2S. The highest BCUT2D eigenvalue weighted by molar-refractivity contribution is 7.98. The van der Waals surface area contributed by atoms with Gasteiger partial charge in [-0.2, -0.15) is 0 Å². The monoisotopic (exact) mass is 410 g/mol. The molecule has 29 heavy (non-hydrogen) atoms.